The van der Waals surface area contributed by atoms with Crippen LogP contribution in [0.4, 0.5) is 9.52 Å². The lowest BCUT2D eigenvalue weighted by molar-refractivity contribution is -0.115. The minimum absolute atomic E-state index is 0.156. The molecule has 0 saturated heterocycles. The molecule has 0 unspecified atom stereocenters. The molecule has 0 aliphatic rings. The number of nitrogens with zero attached hydrogens (tertiary/aromatic N) is 2. The molecule has 4 rings (SSSR count). The predicted octanol–water partition coefficient (Wildman–Crippen LogP) is 5.18. The van der Waals surface area contributed by atoms with Gasteiger partial charge in [-0.1, -0.05) is 30.3 Å². The normalized spacial score (nSPS) is 10.8. The number of benzene rings is 2. The van der Waals surface area contributed by atoms with Crippen molar-refractivity contribution in [2.45, 2.75) is 12.8 Å². The SMILES string of the molecule is O=C(Cc1csc(Cc2ccccc2)n1)Nc1nc(-c2ccc(F)cc2)cs1. The van der Waals surface area contributed by atoms with Gasteiger partial charge in [-0.05, 0) is 29.8 Å². The number of rotatable bonds is 6. The van der Waals surface area contributed by atoms with Crippen molar-refractivity contribution in [2.24, 2.45) is 0 Å². The van der Waals surface area contributed by atoms with Crippen molar-refractivity contribution < 1.29 is 9.18 Å². The fourth-order valence-electron chi connectivity index (χ4n) is 2.69. The molecule has 0 saturated carbocycles. The van der Waals surface area contributed by atoms with E-state index in [1.165, 1.54) is 29.0 Å². The highest BCUT2D eigenvalue weighted by atomic mass is 32.1. The first-order valence-corrected chi connectivity index (χ1v) is 10.4. The first-order chi connectivity index (χ1) is 13.7. The van der Waals surface area contributed by atoms with Crippen LogP contribution in [0.3, 0.4) is 0 Å². The zero-order valence-electron chi connectivity index (χ0n) is 14.8. The molecule has 4 aromatic rings. The maximum atomic E-state index is 13.0. The number of aromatic nitrogens is 2. The van der Waals surface area contributed by atoms with Crippen LogP contribution >= 0.6 is 22.7 Å². The first kappa shape index (κ1) is 18.5. The lowest BCUT2D eigenvalue weighted by atomic mass is 10.2. The molecule has 0 aliphatic heterocycles. The van der Waals surface area contributed by atoms with E-state index in [4.69, 9.17) is 0 Å². The van der Waals surface area contributed by atoms with Gasteiger partial charge in [0.25, 0.3) is 0 Å². The monoisotopic (exact) mass is 409 g/mol. The molecule has 1 amide bonds. The molecule has 4 nitrogen and oxygen atoms in total. The maximum absolute atomic E-state index is 13.0. The number of hydrogen-bond donors (Lipinski definition) is 1. The van der Waals surface area contributed by atoms with Crippen molar-refractivity contribution in [3.05, 3.63) is 87.4 Å². The number of hydrogen-bond acceptors (Lipinski definition) is 5. The molecule has 28 heavy (non-hydrogen) atoms. The Kier molecular flexibility index (Phi) is 5.55. The van der Waals surface area contributed by atoms with Crippen LogP contribution in [0.25, 0.3) is 11.3 Å². The topological polar surface area (TPSA) is 54.9 Å². The lowest BCUT2D eigenvalue weighted by Gasteiger charge is -2.00. The average molecular weight is 410 g/mol. The Hall–Kier alpha value is -2.90. The van der Waals surface area contributed by atoms with Crippen molar-refractivity contribution in [1.82, 2.24) is 9.97 Å². The molecular weight excluding hydrogens is 393 g/mol. The second kappa shape index (κ2) is 8.41. The van der Waals surface area contributed by atoms with Crippen LogP contribution in [-0.2, 0) is 17.6 Å². The van der Waals surface area contributed by atoms with Crippen LogP contribution in [-0.4, -0.2) is 15.9 Å². The van der Waals surface area contributed by atoms with Crippen LogP contribution in [0.5, 0.6) is 0 Å². The van der Waals surface area contributed by atoms with E-state index in [1.807, 2.05) is 29.0 Å². The van der Waals surface area contributed by atoms with Crippen molar-refractivity contribution in [3.8, 4) is 11.3 Å². The molecule has 2 aromatic heterocycles. The Morgan fingerprint density at radius 3 is 2.54 bits per heavy atom. The molecule has 140 valence electrons. The Labute approximate surface area is 169 Å². The largest absolute Gasteiger partial charge is 0.302 e. The van der Waals surface area contributed by atoms with E-state index in [-0.39, 0.29) is 18.1 Å². The molecule has 2 heterocycles. The van der Waals surface area contributed by atoms with Gasteiger partial charge < -0.3 is 5.32 Å². The first-order valence-electron chi connectivity index (χ1n) is 8.64. The van der Waals surface area contributed by atoms with Gasteiger partial charge in [-0.2, -0.15) is 0 Å². The van der Waals surface area contributed by atoms with Gasteiger partial charge in [0, 0.05) is 22.7 Å². The third kappa shape index (κ3) is 4.68. The zero-order chi connectivity index (χ0) is 19.3. The van der Waals surface area contributed by atoms with Crippen molar-refractivity contribution in [3.63, 3.8) is 0 Å². The van der Waals surface area contributed by atoms with Crippen LogP contribution in [0, 0.1) is 5.82 Å². The number of nitrogens with one attached hydrogen (secondary N) is 1. The Morgan fingerprint density at radius 2 is 1.75 bits per heavy atom. The highest BCUT2D eigenvalue weighted by Gasteiger charge is 2.11. The second-order valence-electron chi connectivity index (χ2n) is 6.16. The van der Waals surface area contributed by atoms with Crippen LogP contribution in [0.15, 0.2) is 65.4 Å². The van der Waals surface area contributed by atoms with Gasteiger partial charge in [0.1, 0.15) is 5.82 Å². The smallest absolute Gasteiger partial charge is 0.232 e. The average Bonchev–Trinajstić information content (AvgIpc) is 3.33. The number of carbonyl (C=O) groups is 1. The highest BCUT2D eigenvalue weighted by molar-refractivity contribution is 7.14. The highest BCUT2D eigenvalue weighted by Crippen LogP contribution is 2.25. The summed E-state index contributed by atoms with van der Waals surface area (Å²) in [6, 6.07) is 16.2. The summed E-state index contributed by atoms with van der Waals surface area (Å²) in [5.41, 5.74) is 3.47. The summed E-state index contributed by atoms with van der Waals surface area (Å²) in [4.78, 5) is 21.3. The fourth-order valence-corrected chi connectivity index (χ4v) is 4.26. The lowest BCUT2D eigenvalue weighted by Crippen LogP contribution is -2.14. The van der Waals surface area contributed by atoms with Crippen molar-refractivity contribution in [1.29, 1.82) is 0 Å². The van der Waals surface area contributed by atoms with Crippen molar-refractivity contribution >= 4 is 33.7 Å². The minimum Gasteiger partial charge on any atom is -0.302 e. The predicted molar refractivity (Wildman–Crippen MR) is 111 cm³/mol. The molecule has 2 aromatic carbocycles. The maximum Gasteiger partial charge on any atom is 0.232 e. The molecule has 0 bridgehead atoms. The summed E-state index contributed by atoms with van der Waals surface area (Å²) < 4.78 is 13.0. The van der Waals surface area contributed by atoms with Gasteiger partial charge in [0.05, 0.1) is 22.8 Å². The standard InChI is InChI=1S/C21H16FN3OS2/c22-16-8-6-15(7-9-16)18-13-28-21(24-18)25-19(26)11-17-12-27-20(23-17)10-14-4-2-1-3-5-14/h1-9,12-13H,10-11H2,(H,24,25,26). The third-order valence-electron chi connectivity index (χ3n) is 4.03. The minimum atomic E-state index is -0.289. The van der Waals surface area contributed by atoms with Crippen LogP contribution in [0.2, 0.25) is 0 Å². The van der Waals surface area contributed by atoms with Gasteiger partial charge >= 0.3 is 0 Å². The van der Waals surface area contributed by atoms with Gasteiger partial charge in [0.2, 0.25) is 5.91 Å². The quantitative estimate of drug-likeness (QED) is 0.477. The number of anilines is 1. The van der Waals surface area contributed by atoms with E-state index in [9.17, 15) is 9.18 Å². The van der Waals surface area contributed by atoms with Crippen LogP contribution < -0.4 is 5.32 Å². The summed E-state index contributed by atoms with van der Waals surface area (Å²) >= 11 is 2.90. The molecule has 0 atom stereocenters. The van der Waals surface area contributed by atoms with E-state index in [0.717, 1.165) is 22.7 Å². The number of amides is 1. The molecule has 0 fully saturated rings. The molecule has 0 radical (unpaired) electrons. The zero-order valence-corrected chi connectivity index (χ0v) is 16.4. The van der Waals surface area contributed by atoms with Gasteiger partial charge in [-0.25, -0.2) is 14.4 Å². The summed E-state index contributed by atoms with van der Waals surface area (Å²) in [7, 11) is 0. The number of thiazole rings is 2. The second-order valence-corrected chi connectivity index (χ2v) is 7.97. The van der Waals surface area contributed by atoms with E-state index < -0.39 is 0 Å². The molecule has 0 aliphatic carbocycles. The number of carbonyl (C=O) groups excluding carboxylic acids is 1. The summed E-state index contributed by atoms with van der Waals surface area (Å²) in [6.45, 7) is 0. The Morgan fingerprint density at radius 1 is 0.964 bits per heavy atom. The molecule has 7 heteroatoms. The van der Waals surface area contributed by atoms with Crippen molar-refractivity contribution in [2.75, 3.05) is 5.32 Å². The Bertz CT molecular complexity index is 1070. The van der Waals surface area contributed by atoms with E-state index >= 15 is 0 Å². The molecular formula is C21H16FN3OS2. The van der Waals surface area contributed by atoms with Crippen LogP contribution in [0.1, 0.15) is 16.3 Å². The summed E-state index contributed by atoms with van der Waals surface area (Å²) in [5.74, 6) is -0.445. The Balaban J connectivity index is 1.35. The molecule has 0 spiro atoms. The fraction of sp³-hybridized carbons (Fsp3) is 0.0952. The van der Waals surface area contributed by atoms with Gasteiger partial charge in [-0.3, -0.25) is 4.79 Å². The summed E-state index contributed by atoms with van der Waals surface area (Å²) in [5, 5.41) is 8.07. The van der Waals surface area contributed by atoms with Gasteiger partial charge in [0.15, 0.2) is 5.13 Å². The molecule has 1 N–H and O–H groups in total. The number of halogens is 1. The third-order valence-corrected chi connectivity index (χ3v) is 5.69. The van der Waals surface area contributed by atoms with E-state index in [2.05, 4.69) is 27.4 Å². The van der Waals surface area contributed by atoms with Gasteiger partial charge in [-0.15, -0.1) is 22.7 Å². The van der Waals surface area contributed by atoms with E-state index in [1.54, 1.807) is 23.5 Å². The van der Waals surface area contributed by atoms with E-state index in [0.29, 0.717) is 10.8 Å². The summed E-state index contributed by atoms with van der Waals surface area (Å²) in [6.07, 6.45) is 0.970.